The van der Waals surface area contributed by atoms with Gasteiger partial charge in [-0.3, -0.25) is 4.55 Å². The molecule has 0 amide bonds. The molecular formula is C14H17CaO7S+. The van der Waals surface area contributed by atoms with Crippen molar-refractivity contribution in [3.63, 3.8) is 0 Å². The van der Waals surface area contributed by atoms with Gasteiger partial charge in [0.15, 0.2) is 0 Å². The van der Waals surface area contributed by atoms with Crippen molar-refractivity contribution in [1.29, 1.82) is 0 Å². The first-order chi connectivity index (χ1) is 9.82. The van der Waals surface area contributed by atoms with Crippen molar-refractivity contribution in [3.05, 3.63) is 29.3 Å². The summed E-state index contributed by atoms with van der Waals surface area (Å²) in [6, 6.07) is 2.48. The molecule has 0 aliphatic rings. The molecule has 0 saturated heterocycles. The van der Waals surface area contributed by atoms with E-state index < -0.39 is 38.6 Å². The normalized spacial score (nSPS) is 12.9. The summed E-state index contributed by atoms with van der Waals surface area (Å²) in [6.07, 6.45) is -0.499. The minimum absolute atomic E-state index is 0. The molecule has 0 saturated carbocycles. The van der Waals surface area contributed by atoms with E-state index in [4.69, 9.17) is 9.29 Å². The Labute approximate surface area is 164 Å². The number of hydrogen-bond donors (Lipinski definition) is 1. The molecule has 0 spiro atoms. The molecule has 1 atom stereocenters. The zero-order valence-corrected chi connectivity index (χ0v) is 16.3. The summed E-state index contributed by atoms with van der Waals surface area (Å²) in [7, 11) is -4.67. The Bertz CT molecular complexity index is 704. The number of carboxylic acids is 1. The Kier molecular flexibility index (Phi) is 7.70. The molecule has 1 unspecified atom stereocenters. The molecule has 1 N–H and O–H groups in total. The van der Waals surface area contributed by atoms with Crippen molar-refractivity contribution >= 4 is 59.8 Å². The number of benzene rings is 1. The largest absolute Gasteiger partial charge is 2.00 e. The average molecular weight is 369 g/mol. The van der Waals surface area contributed by atoms with Gasteiger partial charge in [0.2, 0.25) is 0 Å². The van der Waals surface area contributed by atoms with Crippen LogP contribution in [0, 0.1) is 5.41 Å². The second-order valence-electron chi connectivity index (χ2n) is 5.92. The van der Waals surface area contributed by atoms with Crippen molar-refractivity contribution in [3.8, 4) is 0 Å². The van der Waals surface area contributed by atoms with Crippen molar-refractivity contribution in [2.24, 2.45) is 5.41 Å². The van der Waals surface area contributed by atoms with Crippen LogP contribution in [0.4, 0.5) is 0 Å². The van der Waals surface area contributed by atoms with E-state index >= 15 is 0 Å². The van der Waals surface area contributed by atoms with Crippen LogP contribution >= 0.6 is 0 Å². The van der Waals surface area contributed by atoms with Crippen LogP contribution < -0.4 is 5.11 Å². The maximum Gasteiger partial charge on any atom is 2.00 e. The number of esters is 1. The third-order valence-electron chi connectivity index (χ3n) is 3.18. The molecule has 23 heavy (non-hydrogen) atoms. The summed E-state index contributed by atoms with van der Waals surface area (Å²) in [5, 5.41) is 10.9. The molecule has 0 bridgehead atoms. The molecule has 0 aliphatic heterocycles. The Morgan fingerprint density at radius 1 is 1.17 bits per heavy atom. The van der Waals surface area contributed by atoms with Crippen molar-refractivity contribution in [1.82, 2.24) is 0 Å². The molecule has 0 aliphatic carbocycles. The molecule has 9 heteroatoms. The summed E-state index contributed by atoms with van der Waals surface area (Å²) >= 11 is 0. The Hall–Kier alpha value is -0.670. The van der Waals surface area contributed by atoms with E-state index in [1.807, 2.05) is 20.8 Å². The second-order valence-corrected chi connectivity index (χ2v) is 7.34. The fraction of sp³-hybridized carbons (Fsp3) is 0.429. The fourth-order valence-electron chi connectivity index (χ4n) is 1.39. The first-order valence-electron chi connectivity index (χ1n) is 6.37. The molecule has 0 fully saturated rings. The van der Waals surface area contributed by atoms with Crippen LogP contribution in [0.5, 0.6) is 0 Å². The molecule has 0 aromatic heterocycles. The van der Waals surface area contributed by atoms with Gasteiger partial charge in [-0.1, -0.05) is 20.8 Å². The molecular weight excluding hydrogens is 352 g/mol. The molecule has 0 heterocycles. The number of rotatable bonds is 4. The maximum atomic E-state index is 12.0. The molecule has 1 aromatic rings. The van der Waals surface area contributed by atoms with Crippen molar-refractivity contribution < 1.29 is 32.4 Å². The third-order valence-corrected chi connectivity index (χ3v) is 4.01. The van der Waals surface area contributed by atoms with Crippen LogP contribution in [0.25, 0.3) is 0 Å². The van der Waals surface area contributed by atoms with E-state index in [9.17, 15) is 23.1 Å². The van der Waals surface area contributed by atoms with Gasteiger partial charge < -0.3 is 14.6 Å². The zero-order valence-electron chi connectivity index (χ0n) is 13.3. The van der Waals surface area contributed by atoms with Crippen LogP contribution in [0.1, 0.15) is 48.4 Å². The van der Waals surface area contributed by atoms with E-state index in [0.29, 0.717) is 6.07 Å². The number of carbonyl (C=O) groups excluding carboxylic acids is 2. The second kappa shape index (κ2) is 7.94. The monoisotopic (exact) mass is 369 g/mol. The van der Waals surface area contributed by atoms with Gasteiger partial charge in [-0.2, -0.15) is 8.42 Å². The van der Waals surface area contributed by atoms with Gasteiger partial charge in [-0.05, 0) is 36.1 Å². The van der Waals surface area contributed by atoms with Gasteiger partial charge in [-0.15, -0.1) is 0 Å². The smallest absolute Gasteiger partial charge is 0.545 e. The van der Waals surface area contributed by atoms with Gasteiger partial charge in [0.1, 0.15) is 6.10 Å². The molecule has 1 aromatic carbocycles. The third kappa shape index (κ3) is 6.38. The van der Waals surface area contributed by atoms with E-state index in [-0.39, 0.29) is 48.7 Å². The quantitative estimate of drug-likeness (QED) is 0.466. The summed E-state index contributed by atoms with van der Waals surface area (Å²) in [6.45, 7) is 7.18. The van der Waals surface area contributed by atoms with Crippen LogP contribution in [0.2, 0.25) is 0 Å². The van der Waals surface area contributed by atoms with Gasteiger partial charge in [0.25, 0.3) is 10.1 Å². The van der Waals surface area contributed by atoms with Crippen LogP contribution in [0.15, 0.2) is 23.1 Å². The van der Waals surface area contributed by atoms with Gasteiger partial charge in [-0.25, -0.2) is 4.79 Å². The Morgan fingerprint density at radius 2 is 1.65 bits per heavy atom. The topological polar surface area (TPSA) is 121 Å². The van der Waals surface area contributed by atoms with Crippen LogP contribution in [-0.2, 0) is 14.9 Å². The molecule has 1 rings (SSSR count). The molecule has 122 valence electrons. The van der Waals surface area contributed by atoms with Gasteiger partial charge in [0, 0.05) is 0 Å². The summed E-state index contributed by atoms with van der Waals surface area (Å²) in [5.41, 5.74) is -1.20. The zero-order chi connectivity index (χ0) is 17.3. The Morgan fingerprint density at radius 3 is 2.04 bits per heavy atom. The first kappa shape index (κ1) is 22.3. The van der Waals surface area contributed by atoms with E-state index in [1.165, 1.54) is 0 Å². The standard InChI is InChI=1S/C14H18O7S.Ca/c1-8(14(2,3)4)21-13(17)10-5-9(12(15)16)6-11(7-10)22(18,19)20;/h5-8H,1-4H3,(H,15,16)(H,18,19,20);/q;+2/p-1. The number of carbonyl (C=O) groups is 2. The average Bonchev–Trinajstić information content (AvgIpc) is 2.35. The number of ether oxygens (including phenoxy) is 1. The maximum absolute atomic E-state index is 12.0. The summed E-state index contributed by atoms with van der Waals surface area (Å²) < 4.78 is 36.5. The number of hydrogen-bond acceptors (Lipinski definition) is 6. The summed E-state index contributed by atoms with van der Waals surface area (Å²) in [4.78, 5) is 22.2. The fourth-order valence-corrected chi connectivity index (χ4v) is 1.94. The number of aromatic carboxylic acids is 1. The Balaban J connectivity index is 0.00000484. The van der Waals surface area contributed by atoms with Crippen LogP contribution in [-0.4, -0.2) is 68.8 Å². The summed E-state index contributed by atoms with van der Waals surface area (Å²) in [5.74, 6) is -2.57. The minimum Gasteiger partial charge on any atom is -0.545 e. The number of carboxylic acid groups (broad SMARTS) is 1. The molecule has 0 radical (unpaired) electrons. The van der Waals surface area contributed by atoms with E-state index in [1.54, 1.807) is 6.92 Å². The minimum atomic E-state index is -4.67. The van der Waals surface area contributed by atoms with Crippen molar-refractivity contribution in [2.45, 2.75) is 38.7 Å². The van der Waals surface area contributed by atoms with Gasteiger partial charge >= 0.3 is 43.7 Å². The molecule has 7 nitrogen and oxygen atoms in total. The van der Waals surface area contributed by atoms with E-state index in [0.717, 1.165) is 12.1 Å². The van der Waals surface area contributed by atoms with Crippen LogP contribution in [0.3, 0.4) is 0 Å². The SMILES string of the molecule is CC(OC(=O)c1cc(C(=O)[O-])cc(S(=O)(=O)O)c1)C(C)(C)C.[Ca+2]. The van der Waals surface area contributed by atoms with E-state index in [2.05, 4.69) is 0 Å². The predicted molar refractivity (Wildman–Crippen MR) is 80.7 cm³/mol. The van der Waals surface area contributed by atoms with Gasteiger partial charge in [0.05, 0.1) is 16.4 Å². The van der Waals surface area contributed by atoms with Crippen molar-refractivity contribution in [2.75, 3.05) is 0 Å². The first-order valence-corrected chi connectivity index (χ1v) is 7.81. The predicted octanol–water partition coefficient (Wildman–Crippen LogP) is 0.507.